The number of benzene rings is 2. The molecule has 0 radical (unpaired) electrons. The van der Waals surface area contributed by atoms with E-state index in [4.69, 9.17) is 25.8 Å². The number of halogens is 1. The molecule has 7 heteroatoms. The Kier molecular flexibility index (Phi) is 7.20. The summed E-state index contributed by atoms with van der Waals surface area (Å²) >= 11 is 6.49. The lowest BCUT2D eigenvalue weighted by atomic mass is 10.1. The lowest BCUT2D eigenvalue weighted by molar-refractivity contribution is -0.130. The summed E-state index contributed by atoms with van der Waals surface area (Å²) in [7, 11) is 0. The van der Waals surface area contributed by atoms with E-state index in [1.165, 1.54) is 0 Å². The number of carbonyl (C=O) groups excluding carboxylic acids is 1. The topological polar surface area (TPSA) is 51.2 Å². The summed E-state index contributed by atoms with van der Waals surface area (Å²) in [5, 5.41) is 0.572. The van der Waals surface area contributed by atoms with Gasteiger partial charge in [0.1, 0.15) is 12.4 Å². The van der Waals surface area contributed by atoms with Crippen molar-refractivity contribution in [1.29, 1.82) is 0 Å². The van der Waals surface area contributed by atoms with Crippen LogP contribution in [0.5, 0.6) is 17.2 Å². The smallest absolute Gasteiger partial charge is 0.227 e. The number of fused-ring (bicyclic) bond motifs is 2. The number of hydrogen-bond donors (Lipinski definition) is 0. The summed E-state index contributed by atoms with van der Waals surface area (Å²) in [6, 6.07) is 11.8. The van der Waals surface area contributed by atoms with Crippen LogP contribution in [0.2, 0.25) is 5.02 Å². The van der Waals surface area contributed by atoms with Crippen molar-refractivity contribution in [1.82, 2.24) is 9.80 Å². The van der Waals surface area contributed by atoms with Gasteiger partial charge in [0.15, 0.2) is 11.5 Å². The molecule has 1 amide bonds. The van der Waals surface area contributed by atoms with Crippen LogP contribution in [0.1, 0.15) is 24.5 Å². The normalized spacial score (nSPS) is 17.9. The monoisotopic (exact) mass is 444 g/mol. The fourth-order valence-corrected chi connectivity index (χ4v) is 4.26. The van der Waals surface area contributed by atoms with Crippen molar-refractivity contribution < 1.29 is 19.0 Å². The van der Waals surface area contributed by atoms with E-state index in [0.29, 0.717) is 62.4 Å². The van der Waals surface area contributed by atoms with E-state index in [-0.39, 0.29) is 5.91 Å². The minimum Gasteiger partial charge on any atom is -0.492 e. The Bertz CT molecular complexity index is 920. The highest BCUT2D eigenvalue weighted by molar-refractivity contribution is 6.32. The number of para-hydroxylation sites is 1. The lowest BCUT2D eigenvalue weighted by Gasteiger charge is -2.27. The second-order valence-electron chi connectivity index (χ2n) is 7.84. The van der Waals surface area contributed by atoms with Crippen molar-refractivity contribution in [2.45, 2.75) is 26.3 Å². The Morgan fingerprint density at radius 3 is 2.65 bits per heavy atom. The largest absolute Gasteiger partial charge is 0.492 e. The Morgan fingerprint density at radius 2 is 1.77 bits per heavy atom. The fourth-order valence-electron chi connectivity index (χ4n) is 3.97. The molecule has 31 heavy (non-hydrogen) atoms. The lowest BCUT2D eigenvalue weighted by Crippen LogP contribution is -2.39. The van der Waals surface area contributed by atoms with Crippen LogP contribution in [0.15, 0.2) is 36.4 Å². The number of likely N-dealkylation sites (N-methyl/N-ethyl adjacent to an activating group) is 1. The quantitative estimate of drug-likeness (QED) is 0.721. The molecule has 2 aliphatic rings. The Balaban J connectivity index is 1.53. The Hall–Kier alpha value is -2.44. The van der Waals surface area contributed by atoms with Crippen molar-refractivity contribution in [2.75, 3.05) is 46.0 Å². The molecule has 0 bridgehead atoms. The fraction of sp³-hybridized carbons (Fsp3) is 0.458. The molecule has 166 valence electrons. The minimum atomic E-state index is 0.124. The van der Waals surface area contributed by atoms with Gasteiger partial charge in [0, 0.05) is 44.7 Å². The van der Waals surface area contributed by atoms with Crippen LogP contribution >= 0.6 is 11.6 Å². The molecular weight excluding hydrogens is 416 g/mol. The first-order valence-electron chi connectivity index (χ1n) is 10.9. The SMILES string of the molecule is CCN1CCN(Cc2cc(Cl)c3c(c2)OCCCO3)CCOc2ccccc2CC1=O. The molecule has 0 unspecified atom stereocenters. The van der Waals surface area contributed by atoms with Gasteiger partial charge in [0.25, 0.3) is 0 Å². The van der Waals surface area contributed by atoms with Gasteiger partial charge in [-0.15, -0.1) is 0 Å². The average molecular weight is 445 g/mol. The number of amides is 1. The standard InChI is InChI=1S/C24H29ClN2O4/c1-2-27-9-8-26(10-13-30-21-7-4-3-6-19(21)16-23(27)28)17-18-14-20(25)24-22(15-18)29-11-5-12-31-24/h3-4,6-7,14-15H,2,5,8-13,16-17H2,1H3. The summed E-state index contributed by atoms with van der Waals surface area (Å²) in [5.74, 6) is 2.24. The highest BCUT2D eigenvalue weighted by Crippen LogP contribution is 2.38. The van der Waals surface area contributed by atoms with Gasteiger partial charge < -0.3 is 19.1 Å². The zero-order valence-corrected chi connectivity index (χ0v) is 18.7. The van der Waals surface area contributed by atoms with Gasteiger partial charge in [-0.3, -0.25) is 9.69 Å². The van der Waals surface area contributed by atoms with E-state index in [2.05, 4.69) is 4.90 Å². The molecule has 0 spiro atoms. The first-order valence-corrected chi connectivity index (χ1v) is 11.3. The zero-order valence-electron chi connectivity index (χ0n) is 17.9. The third kappa shape index (κ3) is 5.43. The van der Waals surface area contributed by atoms with Crippen LogP contribution in [0.25, 0.3) is 0 Å². The first-order chi connectivity index (χ1) is 15.1. The highest BCUT2D eigenvalue weighted by Gasteiger charge is 2.20. The van der Waals surface area contributed by atoms with Gasteiger partial charge in [-0.25, -0.2) is 0 Å². The average Bonchev–Trinajstić information content (AvgIpc) is 3.01. The first kappa shape index (κ1) is 21.8. The predicted octanol–water partition coefficient (Wildman–Crippen LogP) is 3.79. The number of hydrogen-bond acceptors (Lipinski definition) is 5. The van der Waals surface area contributed by atoms with Crippen molar-refractivity contribution in [3.8, 4) is 17.2 Å². The molecule has 0 saturated heterocycles. The zero-order chi connectivity index (χ0) is 21.6. The summed E-state index contributed by atoms with van der Waals surface area (Å²) in [4.78, 5) is 17.0. The maximum atomic E-state index is 12.8. The Morgan fingerprint density at radius 1 is 0.968 bits per heavy atom. The van der Waals surface area contributed by atoms with Gasteiger partial charge >= 0.3 is 0 Å². The third-order valence-corrected chi connectivity index (χ3v) is 5.95. The van der Waals surface area contributed by atoms with Gasteiger partial charge in [0.05, 0.1) is 24.7 Å². The molecule has 6 nitrogen and oxygen atoms in total. The van der Waals surface area contributed by atoms with E-state index in [0.717, 1.165) is 36.4 Å². The molecule has 0 fully saturated rings. The summed E-state index contributed by atoms with van der Waals surface area (Å²) in [6.07, 6.45) is 1.20. The molecule has 2 heterocycles. The third-order valence-electron chi connectivity index (χ3n) is 5.67. The van der Waals surface area contributed by atoms with Crippen LogP contribution in [-0.2, 0) is 17.8 Å². The van der Waals surface area contributed by atoms with Gasteiger partial charge in [-0.1, -0.05) is 29.8 Å². The predicted molar refractivity (Wildman–Crippen MR) is 120 cm³/mol. The Labute approximate surface area is 188 Å². The van der Waals surface area contributed by atoms with Crippen molar-refractivity contribution in [3.05, 3.63) is 52.5 Å². The second kappa shape index (κ2) is 10.2. The molecule has 0 N–H and O–H groups in total. The molecule has 2 aromatic rings. The maximum Gasteiger partial charge on any atom is 0.227 e. The molecule has 0 atom stereocenters. The van der Waals surface area contributed by atoms with Crippen molar-refractivity contribution in [2.24, 2.45) is 0 Å². The van der Waals surface area contributed by atoms with Crippen LogP contribution in [0, 0.1) is 0 Å². The number of nitrogens with zero attached hydrogens (tertiary/aromatic N) is 2. The number of rotatable bonds is 3. The van der Waals surface area contributed by atoms with E-state index in [1.54, 1.807) is 0 Å². The number of carbonyl (C=O) groups is 1. The van der Waals surface area contributed by atoms with Gasteiger partial charge in [-0.05, 0) is 30.7 Å². The summed E-state index contributed by atoms with van der Waals surface area (Å²) < 4.78 is 17.6. The molecule has 0 aromatic heterocycles. The molecule has 2 aromatic carbocycles. The molecule has 0 aliphatic carbocycles. The van der Waals surface area contributed by atoms with Crippen LogP contribution in [0.4, 0.5) is 0 Å². The second-order valence-corrected chi connectivity index (χ2v) is 8.25. The van der Waals surface area contributed by atoms with Crippen molar-refractivity contribution >= 4 is 17.5 Å². The summed E-state index contributed by atoms with van der Waals surface area (Å²) in [6.45, 7) is 7.35. The van der Waals surface area contributed by atoms with Crippen molar-refractivity contribution in [3.63, 3.8) is 0 Å². The number of ether oxygens (including phenoxy) is 3. The van der Waals surface area contributed by atoms with E-state index in [9.17, 15) is 4.79 Å². The van der Waals surface area contributed by atoms with Crippen LogP contribution in [0.3, 0.4) is 0 Å². The van der Waals surface area contributed by atoms with Gasteiger partial charge in [-0.2, -0.15) is 0 Å². The summed E-state index contributed by atoms with van der Waals surface area (Å²) in [5.41, 5.74) is 1.99. The minimum absolute atomic E-state index is 0.124. The molecular formula is C24H29ClN2O4. The molecule has 2 aliphatic heterocycles. The van der Waals surface area contributed by atoms with E-state index < -0.39 is 0 Å². The molecule has 4 rings (SSSR count). The highest BCUT2D eigenvalue weighted by atomic mass is 35.5. The van der Waals surface area contributed by atoms with Crippen LogP contribution in [-0.4, -0.2) is 61.7 Å². The van der Waals surface area contributed by atoms with E-state index in [1.807, 2.05) is 48.2 Å². The molecule has 0 saturated carbocycles. The van der Waals surface area contributed by atoms with Crippen LogP contribution < -0.4 is 14.2 Å². The maximum absolute atomic E-state index is 12.8. The van der Waals surface area contributed by atoms with Gasteiger partial charge in [0.2, 0.25) is 5.91 Å². The van der Waals surface area contributed by atoms with E-state index >= 15 is 0 Å².